The fourth-order valence-corrected chi connectivity index (χ4v) is 3.87. The number of benzene rings is 2. The van der Waals surface area contributed by atoms with Gasteiger partial charge in [-0.25, -0.2) is 9.37 Å². The molecule has 1 aliphatic heterocycles. The highest BCUT2D eigenvalue weighted by Gasteiger charge is 2.28. The Labute approximate surface area is 185 Å². The fraction of sp³-hybridized carbons (Fsp3) is 0.160. The van der Waals surface area contributed by atoms with Crippen molar-refractivity contribution < 1.29 is 9.13 Å². The smallest absolute Gasteiger partial charge is 0.229 e. The minimum absolute atomic E-state index is 0.0481. The van der Waals surface area contributed by atoms with Crippen molar-refractivity contribution in [1.29, 1.82) is 0 Å². The SMILES string of the molecule is Cc1cc(-c2ccc(Nc3ncc4c(n3)N(C)C(c3ccccc3)CO4)cc2F)ccn1. The zero-order chi connectivity index (χ0) is 22.1. The van der Waals surface area contributed by atoms with E-state index in [2.05, 4.69) is 37.3 Å². The van der Waals surface area contributed by atoms with Gasteiger partial charge in [-0.05, 0) is 48.4 Å². The van der Waals surface area contributed by atoms with E-state index >= 15 is 0 Å². The first-order chi connectivity index (χ1) is 15.6. The summed E-state index contributed by atoms with van der Waals surface area (Å²) in [6.45, 7) is 2.40. The zero-order valence-corrected chi connectivity index (χ0v) is 17.8. The minimum atomic E-state index is -0.330. The van der Waals surface area contributed by atoms with Crippen molar-refractivity contribution in [2.75, 3.05) is 23.9 Å². The van der Waals surface area contributed by atoms with Crippen LogP contribution in [0.2, 0.25) is 0 Å². The maximum atomic E-state index is 14.8. The summed E-state index contributed by atoms with van der Waals surface area (Å²) in [6, 6.07) is 18.9. The predicted molar refractivity (Wildman–Crippen MR) is 123 cm³/mol. The number of aromatic nitrogens is 3. The first kappa shape index (κ1) is 19.9. The average Bonchev–Trinajstić information content (AvgIpc) is 2.80. The number of halogens is 1. The first-order valence-corrected chi connectivity index (χ1v) is 10.4. The Morgan fingerprint density at radius 3 is 2.69 bits per heavy atom. The highest BCUT2D eigenvalue weighted by molar-refractivity contribution is 5.68. The van der Waals surface area contributed by atoms with Crippen molar-refractivity contribution in [1.82, 2.24) is 15.0 Å². The Balaban J connectivity index is 1.39. The van der Waals surface area contributed by atoms with E-state index in [0.29, 0.717) is 35.4 Å². The lowest BCUT2D eigenvalue weighted by Crippen LogP contribution is -2.34. The predicted octanol–water partition coefficient (Wildman–Crippen LogP) is 5.30. The molecule has 1 aliphatic rings. The number of hydrogen-bond acceptors (Lipinski definition) is 6. The quantitative estimate of drug-likeness (QED) is 0.477. The van der Waals surface area contributed by atoms with Crippen LogP contribution in [0.5, 0.6) is 5.75 Å². The van der Waals surface area contributed by atoms with Crippen molar-refractivity contribution in [2.45, 2.75) is 13.0 Å². The highest BCUT2D eigenvalue weighted by atomic mass is 19.1. The van der Waals surface area contributed by atoms with Gasteiger partial charge < -0.3 is 15.0 Å². The third kappa shape index (κ3) is 3.85. The molecule has 1 N–H and O–H groups in total. The average molecular weight is 427 g/mol. The topological polar surface area (TPSA) is 63.2 Å². The summed E-state index contributed by atoms with van der Waals surface area (Å²) in [4.78, 5) is 15.2. The fourth-order valence-electron chi connectivity index (χ4n) is 3.87. The molecule has 32 heavy (non-hydrogen) atoms. The van der Waals surface area contributed by atoms with Crippen LogP contribution in [0.4, 0.5) is 21.8 Å². The van der Waals surface area contributed by atoms with Gasteiger partial charge in [0.2, 0.25) is 5.95 Å². The summed E-state index contributed by atoms with van der Waals surface area (Å²) in [7, 11) is 1.99. The number of aryl methyl sites for hydroxylation is 1. The van der Waals surface area contributed by atoms with Crippen LogP contribution in [0, 0.1) is 12.7 Å². The van der Waals surface area contributed by atoms with E-state index in [0.717, 1.165) is 16.8 Å². The number of fused-ring (bicyclic) bond motifs is 1. The van der Waals surface area contributed by atoms with Gasteiger partial charge in [0.25, 0.3) is 0 Å². The van der Waals surface area contributed by atoms with E-state index in [9.17, 15) is 4.39 Å². The number of hydrogen-bond donors (Lipinski definition) is 1. The molecule has 0 fully saturated rings. The molecule has 0 spiro atoms. The zero-order valence-electron chi connectivity index (χ0n) is 17.8. The maximum Gasteiger partial charge on any atom is 0.229 e. The molecule has 7 heteroatoms. The highest BCUT2D eigenvalue weighted by Crippen LogP contribution is 2.37. The second-order valence-corrected chi connectivity index (χ2v) is 7.74. The third-order valence-corrected chi connectivity index (χ3v) is 5.55. The molecule has 0 amide bonds. The number of likely N-dealkylation sites (N-methyl/N-ethyl adjacent to an activating group) is 1. The molecule has 3 heterocycles. The number of nitrogens with one attached hydrogen (secondary N) is 1. The monoisotopic (exact) mass is 427 g/mol. The van der Waals surface area contributed by atoms with Crippen molar-refractivity contribution in [3.63, 3.8) is 0 Å². The molecule has 0 bridgehead atoms. The second kappa shape index (κ2) is 8.26. The molecule has 0 aliphatic carbocycles. The van der Waals surface area contributed by atoms with Crippen LogP contribution in [0.1, 0.15) is 17.3 Å². The summed E-state index contributed by atoms with van der Waals surface area (Å²) in [5.74, 6) is 1.36. The van der Waals surface area contributed by atoms with Crippen LogP contribution >= 0.6 is 0 Å². The van der Waals surface area contributed by atoms with Gasteiger partial charge in [-0.15, -0.1) is 0 Å². The van der Waals surface area contributed by atoms with Crippen LogP contribution in [0.15, 0.2) is 73.1 Å². The Hall–Kier alpha value is -4.00. The number of anilines is 3. The number of rotatable bonds is 4. The summed E-state index contributed by atoms with van der Waals surface area (Å²) in [5, 5.41) is 3.10. The molecule has 2 aromatic heterocycles. The van der Waals surface area contributed by atoms with Crippen LogP contribution in [0.25, 0.3) is 11.1 Å². The second-order valence-electron chi connectivity index (χ2n) is 7.74. The maximum absolute atomic E-state index is 14.8. The lowest BCUT2D eigenvalue weighted by Gasteiger charge is -2.34. The number of pyridine rings is 1. The molecule has 0 saturated heterocycles. The van der Waals surface area contributed by atoms with Crippen molar-refractivity contribution in [3.8, 4) is 16.9 Å². The Kier molecular flexibility index (Phi) is 5.15. The Morgan fingerprint density at radius 1 is 1.06 bits per heavy atom. The van der Waals surface area contributed by atoms with Gasteiger partial charge in [0.15, 0.2) is 11.6 Å². The normalized spacial score (nSPS) is 15.1. The van der Waals surface area contributed by atoms with Crippen molar-refractivity contribution >= 4 is 17.5 Å². The van der Waals surface area contributed by atoms with Gasteiger partial charge in [0.1, 0.15) is 12.4 Å². The van der Waals surface area contributed by atoms with Crippen LogP contribution in [0.3, 0.4) is 0 Å². The van der Waals surface area contributed by atoms with Gasteiger partial charge >= 0.3 is 0 Å². The summed E-state index contributed by atoms with van der Waals surface area (Å²) in [5.41, 5.74) is 3.86. The molecule has 0 radical (unpaired) electrons. The molecule has 1 atom stereocenters. The van der Waals surface area contributed by atoms with E-state index in [-0.39, 0.29) is 11.9 Å². The summed E-state index contributed by atoms with van der Waals surface area (Å²) >= 11 is 0. The molecular weight excluding hydrogens is 405 g/mol. The molecular formula is C25H22FN5O. The van der Waals surface area contributed by atoms with E-state index in [1.807, 2.05) is 44.3 Å². The van der Waals surface area contributed by atoms with E-state index < -0.39 is 0 Å². The molecule has 1 unspecified atom stereocenters. The number of nitrogens with zero attached hydrogens (tertiary/aromatic N) is 4. The summed E-state index contributed by atoms with van der Waals surface area (Å²) < 4.78 is 20.7. The van der Waals surface area contributed by atoms with Gasteiger partial charge in [-0.3, -0.25) is 4.98 Å². The minimum Gasteiger partial charge on any atom is -0.486 e. The molecule has 5 rings (SSSR count). The molecule has 0 saturated carbocycles. The molecule has 2 aromatic carbocycles. The Bertz CT molecular complexity index is 1260. The molecule has 6 nitrogen and oxygen atoms in total. The third-order valence-electron chi connectivity index (χ3n) is 5.55. The van der Waals surface area contributed by atoms with E-state index in [1.54, 1.807) is 24.5 Å². The summed E-state index contributed by atoms with van der Waals surface area (Å²) in [6.07, 6.45) is 3.32. The molecule has 4 aromatic rings. The van der Waals surface area contributed by atoms with Crippen LogP contribution in [-0.4, -0.2) is 28.6 Å². The van der Waals surface area contributed by atoms with Crippen molar-refractivity contribution in [3.05, 3.63) is 90.1 Å². The standard InChI is InChI=1S/C25H22FN5O/c1-16-12-18(10-11-27-16)20-9-8-19(13-21(20)26)29-25-28-14-23-24(30-25)31(2)22(15-32-23)17-6-4-3-5-7-17/h3-14,22H,15H2,1-2H3,(H,28,29,30). The van der Waals surface area contributed by atoms with Gasteiger partial charge in [0, 0.05) is 30.2 Å². The van der Waals surface area contributed by atoms with Gasteiger partial charge in [0.05, 0.1) is 12.2 Å². The number of ether oxygens (including phenoxy) is 1. The Morgan fingerprint density at radius 2 is 1.91 bits per heavy atom. The lowest BCUT2D eigenvalue weighted by molar-refractivity contribution is 0.265. The van der Waals surface area contributed by atoms with E-state index in [1.165, 1.54) is 6.07 Å². The van der Waals surface area contributed by atoms with E-state index in [4.69, 9.17) is 4.74 Å². The van der Waals surface area contributed by atoms with Gasteiger partial charge in [-0.1, -0.05) is 30.3 Å². The lowest BCUT2D eigenvalue weighted by atomic mass is 10.1. The van der Waals surface area contributed by atoms with Crippen LogP contribution in [-0.2, 0) is 0 Å². The van der Waals surface area contributed by atoms with Gasteiger partial charge in [-0.2, -0.15) is 4.98 Å². The molecule has 160 valence electrons. The first-order valence-electron chi connectivity index (χ1n) is 10.4. The van der Waals surface area contributed by atoms with Crippen molar-refractivity contribution in [2.24, 2.45) is 0 Å². The largest absolute Gasteiger partial charge is 0.486 e. The van der Waals surface area contributed by atoms with Crippen LogP contribution < -0.4 is 15.0 Å².